The van der Waals surface area contributed by atoms with Crippen LogP contribution in [0.2, 0.25) is 0 Å². The molecule has 2 unspecified atom stereocenters. The maximum absolute atomic E-state index is 13.2. The smallest absolute Gasteiger partial charge is 0.167 e. The first kappa shape index (κ1) is 19.0. The second-order valence-corrected chi connectivity index (χ2v) is 8.44. The zero-order chi connectivity index (χ0) is 21.6. The minimum atomic E-state index is -0.708. The molecular weight excluding hydrogens is 392 g/mol. The van der Waals surface area contributed by atoms with Crippen LogP contribution in [-0.2, 0) is 22.4 Å². The van der Waals surface area contributed by atoms with Crippen LogP contribution in [0.15, 0.2) is 121 Å². The Balaban J connectivity index is 1.55. The summed E-state index contributed by atoms with van der Waals surface area (Å²) in [6.07, 6.45) is 4.69. The average Bonchev–Trinajstić information content (AvgIpc) is 3.41. The van der Waals surface area contributed by atoms with E-state index in [0.717, 1.165) is 33.4 Å². The quantitative estimate of drug-likeness (QED) is 0.287. The Labute approximate surface area is 187 Å². The minimum Gasteiger partial charge on any atom is -0.341 e. The molecule has 6 rings (SSSR count). The third kappa shape index (κ3) is 2.66. The van der Waals surface area contributed by atoms with E-state index in [-0.39, 0.29) is 5.78 Å². The lowest BCUT2D eigenvalue weighted by molar-refractivity contribution is -0.0239. The van der Waals surface area contributed by atoms with Gasteiger partial charge in [-0.25, -0.2) is 0 Å². The lowest BCUT2D eigenvalue weighted by atomic mass is 9.74. The highest BCUT2D eigenvalue weighted by atomic mass is 16.5. The second kappa shape index (κ2) is 7.15. The Morgan fingerprint density at radius 1 is 0.625 bits per heavy atom. The van der Waals surface area contributed by atoms with Crippen molar-refractivity contribution >= 4 is 5.78 Å². The summed E-state index contributed by atoms with van der Waals surface area (Å²) in [4.78, 5) is 13.2. The van der Waals surface area contributed by atoms with Crippen molar-refractivity contribution in [2.45, 2.75) is 17.6 Å². The molecule has 4 aromatic rings. The van der Waals surface area contributed by atoms with Gasteiger partial charge in [-0.1, -0.05) is 109 Å². The molecule has 0 fully saturated rings. The van der Waals surface area contributed by atoms with Gasteiger partial charge in [0.05, 0.1) is 0 Å². The van der Waals surface area contributed by atoms with Crippen molar-refractivity contribution in [2.75, 3.05) is 0 Å². The fourth-order valence-corrected chi connectivity index (χ4v) is 5.21. The molecule has 154 valence electrons. The van der Waals surface area contributed by atoms with Gasteiger partial charge >= 0.3 is 0 Å². The summed E-state index contributed by atoms with van der Waals surface area (Å²) < 4.78 is 7.00. The number of carbonyl (C=O) groups excluding carboxylic acids is 1. The topological polar surface area (TPSA) is 26.3 Å². The largest absolute Gasteiger partial charge is 0.341 e. The first-order chi connectivity index (χ1) is 15.7. The maximum atomic E-state index is 13.2. The van der Waals surface area contributed by atoms with Crippen LogP contribution < -0.4 is 0 Å². The van der Waals surface area contributed by atoms with Crippen molar-refractivity contribution < 1.29 is 9.53 Å². The van der Waals surface area contributed by atoms with Gasteiger partial charge in [0.15, 0.2) is 5.78 Å². The molecule has 0 aliphatic carbocycles. The summed E-state index contributed by atoms with van der Waals surface area (Å²) in [5.41, 5.74) is 4.78. The first-order valence-electron chi connectivity index (χ1n) is 11.0. The highest BCUT2D eigenvalue weighted by Gasteiger charge is 2.58. The van der Waals surface area contributed by atoms with Crippen molar-refractivity contribution in [3.63, 3.8) is 0 Å². The Kier molecular flexibility index (Phi) is 4.24. The van der Waals surface area contributed by atoms with Crippen LogP contribution in [0.5, 0.6) is 0 Å². The Morgan fingerprint density at radius 3 is 1.84 bits per heavy atom. The first-order valence-corrected chi connectivity index (χ1v) is 11.0. The highest BCUT2D eigenvalue weighted by Crippen LogP contribution is 2.60. The normalized spacial score (nSPS) is 22.6. The molecule has 0 aromatic heterocycles. The Bertz CT molecular complexity index is 1330. The van der Waals surface area contributed by atoms with E-state index >= 15 is 0 Å². The van der Waals surface area contributed by atoms with Crippen LogP contribution in [0.25, 0.3) is 0 Å². The number of Topliss-reactive ketones (excluding diaryl/α,β-unsaturated/α-hetero) is 1. The molecule has 2 heterocycles. The summed E-state index contributed by atoms with van der Waals surface area (Å²) in [6, 6.07) is 36.4. The van der Waals surface area contributed by atoms with E-state index < -0.39 is 11.2 Å². The van der Waals surface area contributed by atoms with Crippen LogP contribution in [0, 0.1) is 0 Å². The van der Waals surface area contributed by atoms with E-state index in [1.54, 1.807) is 0 Å². The number of benzene rings is 4. The molecule has 0 amide bonds. The molecule has 4 aromatic carbocycles. The van der Waals surface area contributed by atoms with Crippen molar-refractivity contribution in [3.8, 4) is 0 Å². The van der Waals surface area contributed by atoms with Gasteiger partial charge < -0.3 is 4.74 Å². The second-order valence-electron chi connectivity index (χ2n) is 8.44. The summed E-state index contributed by atoms with van der Waals surface area (Å²) in [5.74, 6) is 0.114. The van der Waals surface area contributed by atoms with E-state index in [9.17, 15) is 4.79 Å². The summed E-state index contributed by atoms with van der Waals surface area (Å²) >= 11 is 0. The maximum Gasteiger partial charge on any atom is 0.167 e. The summed E-state index contributed by atoms with van der Waals surface area (Å²) in [7, 11) is 0. The Morgan fingerprint density at radius 2 is 1.19 bits per heavy atom. The van der Waals surface area contributed by atoms with Gasteiger partial charge in [0, 0.05) is 17.5 Å². The summed E-state index contributed by atoms with van der Waals surface area (Å²) in [6.45, 7) is 0. The summed E-state index contributed by atoms with van der Waals surface area (Å²) in [5, 5.41) is 0. The molecule has 2 atom stereocenters. The SMILES string of the molecule is O=C(Cc1cccc2c1C1(c3ccccc3)C=CC2(c2ccccc2)O1)c1ccccc1. The fourth-order valence-electron chi connectivity index (χ4n) is 5.21. The zero-order valence-corrected chi connectivity index (χ0v) is 17.6. The number of ketones is 1. The predicted molar refractivity (Wildman–Crippen MR) is 126 cm³/mol. The van der Waals surface area contributed by atoms with Gasteiger partial charge in [0.2, 0.25) is 0 Å². The van der Waals surface area contributed by atoms with Crippen LogP contribution >= 0.6 is 0 Å². The van der Waals surface area contributed by atoms with E-state index in [0.29, 0.717) is 6.42 Å². The average molecular weight is 415 g/mol. The van der Waals surface area contributed by atoms with Crippen molar-refractivity contribution in [1.82, 2.24) is 0 Å². The van der Waals surface area contributed by atoms with Crippen molar-refractivity contribution in [3.05, 3.63) is 155 Å². The highest BCUT2D eigenvalue weighted by molar-refractivity contribution is 5.97. The molecule has 0 N–H and O–H groups in total. The predicted octanol–water partition coefficient (Wildman–Crippen LogP) is 6.20. The number of rotatable bonds is 5. The molecule has 0 saturated carbocycles. The molecule has 2 aliphatic heterocycles. The van der Waals surface area contributed by atoms with Crippen molar-refractivity contribution in [2.24, 2.45) is 0 Å². The van der Waals surface area contributed by atoms with Gasteiger partial charge in [-0.05, 0) is 34.4 Å². The lowest BCUT2D eigenvalue weighted by Crippen LogP contribution is -2.26. The van der Waals surface area contributed by atoms with Crippen LogP contribution in [-0.4, -0.2) is 5.78 Å². The minimum absolute atomic E-state index is 0.114. The van der Waals surface area contributed by atoms with Crippen molar-refractivity contribution in [1.29, 1.82) is 0 Å². The number of hydrogen-bond acceptors (Lipinski definition) is 2. The molecule has 0 spiro atoms. The van der Waals surface area contributed by atoms with E-state index in [2.05, 4.69) is 48.6 Å². The monoisotopic (exact) mass is 414 g/mol. The van der Waals surface area contributed by atoms with Crippen LogP contribution in [0.3, 0.4) is 0 Å². The van der Waals surface area contributed by atoms with Gasteiger partial charge in [0.1, 0.15) is 11.2 Å². The fraction of sp³-hybridized carbons (Fsp3) is 0.100. The van der Waals surface area contributed by atoms with E-state index in [1.165, 1.54) is 0 Å². The Hall–Kier alpha value is -3.75. The standard InChI is InChI=1S/C30H22O2/c31-27(22-11-4-1-5-12-22)21-23-13-10-18-26-28(23)30(25-16-8-3-9-17-25)20-19-29(26,32-30)24-14-6-2-7-15-24/h1-20H,21H2. The number of hydrogen-bond donors (Lipinski definition) is 0. The number of ether oxygens (including phenoxy) is 1. The van der Waals surface area contributed by atoms with Crippen LogP contribution in [0.4, 0.5) is 0 Å². The van der Waals surface area contributed by atoms with Gasteiger partial charge in [0.25, 0.3) is 0 Å². The molecule has 2 aliphatic rings. The van der Waals surface area contributed by atoms with Gasteiger partial charge in [-0.2, -0.15) is 0 Å². The zero-order valence-electron chi connectivity index (χ0n) is 17.6. The number of carbonyl (C=O) groups is 1. The third-order valence-electron chi connectivity index (χ3n) is 6.65. The van der Waals surface area contributed by atoms with E-state index in [4.69, 9.17) is 4.74 Å². The van der Waals surface area contributed by atoms with Crippen LogP contribution in [0.1, 0.15) is 38.2 Å². The van der Waals surface area contributed by atoms with E-state index in [1.807, 2.05) is 72.8 Å². The molecule has 0 saturated heterocycles. The molecule has 0 radical (unpaired) electrons. The molecule has 2 nitrogen and oxygen atoms in total. The molecule has 32 heavy (non-hydrogen) atoms. The molecule has 2 heteroatoms. The van der Waals surface area contributed by atoms with Gasteiger partial charge in [-0.3, -0.25) is 4.79 Å². The number of fused-ring (bicyclic) bond motifs is 5. The van der Waals surface area contributed by atoms with Gasteiger partial charge in [-0.15, -0.1) is 0 Å². The molecular formula is C30H22O2. The third-order valence-corrected chi connectivity index (χ3v) is 6.65. The molecule has 2 bridgehead atoms. The lowest BCUT2D eigenvalue weighted by Gasteiger charge is -2.27.